The predicted molar refractivity (Wildman–Crippen MR) is 62.8 cm³/mol. The summed E-state index contributed by atoms with van der Waals surface area (Å²) in [5.41, 5.74) is 3.08. The molecule has 2 aliphatic heterocycles. The summed E-state index contributed by atoms with van der Waals surface area (Å²) in [5, 5.41) is 0. The Bertz CT molecular complexity index is 453. The van der Waals surface area contributed by atoms with Crippen molar-refractivity contribution in [1.29, 1.82) is 0 Å². The van der Waals surface area contributed by atoms with E-state index < -0.39 is 6.23 Å². The van der Waals surface area contributed by atoms with E-state index in [2.05, 4.69) is 5.64 Å². The van der Waals surface area contributed by atoms with Crippen LogP contribution in [0.25, 0.3) is 0 Å². The lowest BCUT2D eigenvalue weighted by Crippen LogP contribution is -2.47. The summed E-state index contributed by atoms with van der Waals surface area (Å²) < 4.78 is 0. The Morgan fingerprint density at radius 3 is 2.28 bits per heavy atom. The molecule has 0 aliphatic carbocycles. The van der Waals surface area contributed by atoms with Crippen molar-refractivity contribution in [2.24, 2.45) is 0 Å². The van der Waals surface area contributed by atoms with Crippen LogP contribution < -0.4 is 5.64 Å². The van der Waals surface area contributed by atoms with Gasteiger partial charge in [-0.05, 0) is 12.1 Å². The molecule has 2 aliphatic rings. The largest absolute Gasteiger partial charge is 0.276 e. The summed E-state index contributed by atoms with van der Waals surface area (Å²) >= 11 is 0. The van der Waals surface area contributed by atoms with Gasteiger partial charge < -0.3 is 0 Å². The molecule has 0 aromatic heterocycles. The lowest BCUT2D eigenvalue weighted by molar-refractivity contribution is -0.259. The molecule has 1 saturated heterocycles. The zero-order valence-corrected chi connectivity index (χ0v) is 10.1. The normalized spacial score (nSPS) is 22.7. The number of fused-ring (bicyclic) bond motifs is 1. The second kappa shape index (κ2) is 5.03. The van der Waals surface area contributed by atoms with E-state index in [-0.39, 0.29) is 24.2 Å². The van der Waals surface area contributed by atoms with Crippen molar-refractivity contribution in [3.05, 3.63) is 35.4 Å². The van der Waals surface area contributed by atoms with Gasteiger partial charge in [-0.25, -0.2) is 4.90 Å². The van der Waals surface area contributed by atoms with Crippen molar-refractivity contribution in [2.75, 3.05) is 6.61 Å². The molecule has 1 fully saturated rings. The van der Waals surface area contributed by atoms with Crippen LogP contribution in [0.1, 0.15) is 27.1 Å². The number of rotatable bonds is 1. The third-order valence-corrected chi connectivity index (χ3v) is 2.82. The number of hydrogen-bond donors (Lipinski definition) is 1. The standard InChI is InChI=1S/C11H10N2O4.ClH/c14-10-7-3-1-2-4-8(7)11(15)13(10)9-5-6-16-12-17-9;/h1-4,9,12H,5-6H2;1H. The molecule has 1 N–H and O–H groups in total. The molecule has 1 unspecified atom stereocenters. The minimum atomic E-state index is -0.615. The number of benzene rings is 1. The number of carbonyl (C=O) groups excluding carboxylic acids is 2. The number of imide groups is 1. The van der Waals surface area contributed by atoms with Crippen LogP contribution in [-0.2, 0) is 9.68 Å². The molecule has 2 heterocycles. The van der Waals surface area contributed by atoms with E-state index in [0.29, 0.717) is 24.2 Å². The van der Waals surface area contributed by atoms with Gasteiger partial charge in [-0.3, -0.25) is 19.3 Å². The highest BCUT2D eigenvalue weighted by Crippen LogP contribution is 2.26. The van der Waals surface area contributed by atoms with Crippen molar-refractivity contribution in [3.8, 4) is 0 Å². The van der Waals surface area contributed by atoms with Gasteiger partial charge in [0.15, 0.2) is 6.23 Å². The number of carbonyl (C=O) groups is 2. The minimum Gasteiger partial charge on any atom is -0.276 e. The molecule has 7 heteroatoms. The molecule has 2 amide bonds. The highest BCUT2D eigenvalue weighted by molar-refractivity contribution is 6.21. The van der Waals surface area contributed by atoms with Gasteiger partial charge in [0.1, 0.15) is 0 Å². The Labute approximate surface area is 109 Å². The first-order valence-electron chi connectivity index (χ1n) is 5.28. The zero-order valence-electron chi connectivity index (χ0n) is 9.29. The number of halogens is 1. The lowest BCUT2D eigenvalue weighted by Gasteiger charge is -2.28. The Balaban J connectivity index is 0.00000120. The monoisotopic (exact) mass is 270 g/mol. The third-order valence-electron chi connectivity index (χ3n) is 2.82. The van der Waals surface area contributed by atoms with Gasteiger partial charge in [0.25, 0.3) is 11.8 Å². The van der Waals surface area contributed by atoms with E-state index in [1.807, 2.05) is 0 Å². The van der Waals surface area contributed by atoms with Crippen LogP contribution in [-0.4, -0.2) is 29.5 Å². The lowest BCUT2D eigenvalue weighted by atomic mass is 10.1. The van der Waals surface area contributed by atoms with E-state index >= 15 is 0 Å². The smallest absolute Gasteiger partial charge is 0.263 e. The Hall–Kier alpha value is -1.47. The second-order valence-corrected chi connectivity index (χ2v) is 3.82. The van der Waals surface area contributed by atoms with Gasteiger partial charge in [-0.2, -0.15) is 0 Å². The van der Waals surface area contributed by atoms with Crippen LogP contribution in [0.2, 0.25) is 0 Å². The van der Waals surface area contributed by atoms with Gasteiger partial charge in [0.2, 0.25) is 0 Å². The highest BCUT2D eigenvalue weighted by Gasteiger charge is 2.41. The summed E-state index contributed by atoms with van der Waals surface area (Å²) in [4.78, 5) is 35.1. The molecule has 1 aromatic carbocycles. The summed E-state index contributed by atoms with van der Waals surface area (Å²) in [5.74, 6) is -0.640. The molecule has 0 saturated carbocycles. The van der Waals surface area contributed by atoms with Crippen LogP contribution >= 0.6 is 12.4 Å². The number of hydrogen-bond acceptors (Lipinski definition) is 5. The minimum absolute atomic E-state index is 0. The fourth-order valence-electron chi connectivity index (χ4n) is 2.00. The van der Waals surface area contributed by atoms with Crippen LogP contribution in [0.15, 0.2) is 24.3 Å². The maximum Gasteiger partial charge on any atom is 0.263 e. The summed E-state index contributed by atoms with van der Waals surface area (Å²) in [7, 11) is 0. The molecule has 0 radical (unpaired) electrons. The van der Waals surface area contributed by atoms with Crippen LogP contribution in [0.5, 0.6) is 0 Å². The molecule has 1 atom stereocenters. The molecule has 0 bridgehead atoms. The topological polar surface area (TPSA) is 67.9 Å². The van der Waals surface area contributed by atoms with E-state index in [1.165, 1.54) is 0 Å². The first-order chi connectivity index (χ1) is 8.29. The van der Waals surface area contributed by atoms with Crippen molar-refractivity contribution < 1.29 is 19.3 Å². The Morgan fingerprint density at radius 2 is 1.78 bits per heavy atom. The van der Waals surface area contributed by atoms with Crippen molar-refractivity contribution in [3.63, 3.8) is 0 Å². The summed E-state index contributed by atoms with van der Waals surface area (Å²) in [6.07, 6.45) is -0.158. The molecule has 6 nitrogen and oxygen atoms in total. The average Bonchev–Trinajstić information content (AvgIpc) is 2.64. The average molecular weight is 271 g/mol. The molecule has 1 aromatic rings. The molecule has 96 valence electrons. The van der Waals surface area contributed by atoms with Gasteiger partial charge in [0.05, 0.1) is 17.7 Å². The fraction of sp³-hybridized carbons (Fsp3) is 0.273. The molecular formula is C11H11ClN2O4. The maximum absolute atomic E-state index is 12.1. The summed E-state index contributed by atoms with van der Waals surface area (Å²) in [6.45, 7) is 0.387. The van der Waals surface area contributed by atoms with Crippen molar-refractivity contribution in [2.45, 2.75) is 12.6 Å². The van der Waals surface area contributed by atoms with Crippen LogP contribution in [0, 0.1) is 0 Å². The van der Waals surface area contributed by atoms with E-state index in [9.17, 15) is 9.59 Å². The van der Waals surface area contributed by atoms with Crippen molar-refractivity contribution in [1.82, 2.24) is 10.5 Å². The second-order valence-electron chi connectivity index (χ2n) is 3.82. The quantitative estimate of drug-likeness (QED) is 0.768. The van der Waals surface area contributed by atoms with E-state index in [1.54, 1.807) is 24.3 Å². The maximum atomic E-state index is 12.1. The zero-order chi connectivity index (χ0) is 11.8. The molecular weight excluding hydrogens is 260 g/mol. The van der Waals surface area contributed by atoms with Crippen LogP contribution in [0.3, 0.4) is 0 Å². The fourth-order valence-corrected chi connectivity index (χ4v) is 2.00. The van der Waals surface area contributed by atoms with Crippen molar-refractivity contribution >= 4 is 24.2 Å². The van der Waals surface area contributed by atoms with Gasteiger partial charge >= 0.3 is 0 Å². The van der Waals surface area contributed by atoms with Gasteiger partial charge in [-0.1, -0.05) is 17.8 Å². The number of nitrogens with one attached hydrogen (secondary N) is 1. The van der Waals surface area contributed by atoms with Gasteiger partial charge in [0, 0.05) is 6.42 Å². The van der Waals surface area contributed by atoms with Crippen LogP contribution in [0.4, 0.5) is 0 Å². The SMILES string of the molecule is Cl.O=C1c2ccccc2C(=O)N1C1CCONO1. The Kier molecular flexibility index (Phi) is 3.63. The Morgan fingerprint density at radius 1 is 1.17 bits per heavy atom. The molecule has 18 heavy (non-hydrogen) atoms. The highest BCUT2D eigenvalue weighted by atomic mass is 35.5. The summed E-state index contributed by atoms with van der Waals surface area (Å²) in [6, 6.07) is 6.75. The van der Waals surface area contributed by atoms with E-state index in [4.69, 9.17) is 9.68 Å². The first-order valence-corrected chi connectivity index (χ1v) is 5.28. The first kappa shape index (κ1) is 13.0. The molecule has 3 rings (SSSR count). The van der Waals surface area contributed by atoms with E-state index in [0.717, 1.165) is 4.90 Å². The number of amides is 2. The molecule has 0 spiro atoms. The number of nitrogens with zero attached hydrogens (tertiary/aromatic N) is 1. The van der Waals surface area contributed by atoms with Gasteiger partial charge in [-0.15, -0.1) is 12.4 Å². The predicted octanol–water partition coefficient (Wildman–Crippen LogP) is 0.887. The third kappa shape index (κ3) is 1.89.